The summed E-state index contributed by atoms with van der Waals surface area (Å²) in [4.78, 5) is 0. The van der Waals surface area contributed by atoms with E-state index in [0.29, 0.717) is 25.0 Å². The van der Waals surface area contributed by atoms with E-state index in [-0.39, 0.29) is 6.61 Å². The van der Waals surface area contributed by atoms with Gasteiger partial charge in [-0.25, -0.2) is 0 Å². The summed E-state index contributed by atoms with van der Waals surface area (Å²) in [7, 11) is 3.22. The van der Waals surface area contributed by atoms with E-state index in [9.17, 15) is 5.11 Å². The van der Waals surface area contributed by atoms with Crippen LogP contribution in [0.4, 0.5) is 0 Å². The molecule has 0 aliphatic heterocycles. The predicted molar refractivity (Wildman–Crippen MR) is 68.2 cm³/mol. The van der Waals surface area contributed by atoms with Crippen molar-refractivity contribution in [2.75, 3.05) is 20.8 Å². The molecule has 1 atom stereocenters. The third-order valence-corrected chi connectivity index (χ3v) is 3.66. The maximum Gasteiger partial charge on any atom is 0.161 e. The summed E-state index contributed by atoms with van der Waals surface area (Å²) in [6, 6.07) is 3.91. The molecule has 0 bridgehead atoms. The minimum atomic E-state index is -0.790. The summed E-state index contributed by atoms with van der Waals surface area (Å²) >= 11 is 0. The van der Waals surface area contributed by atoms with Gasteiger partial charge < -0.3 is 19.7 Å². The first-order chi connectivity index (χ1) is 8.61. The van der Waals surface area contributed by atoms with Crippen LogP contribution in [0.5, 0.6) is 11.5 Å². The molecule has 0 radical (unpaired) electrons. The topological polar surface area (TPSA) is 58.9 Å². The number of ether oxygens (including phenoxy) is 2. The van der Waals surface area contributed by atoms with Crippen molar-refractivity contribution in [1.82, 2.24) is 0 Å². The van der Waals surface area contributed by atoms with Crippen molar-refractivity contribution in [2.45, 2.75) is 31.3 Å². The highest BCUT2D eigenvalue weighted by Gasteiger charge is 2.32. The first-order valence-corrected chi connectivity index (χ1v) is 6.19. The van der Waals surface area contributed by atoms with Crippen LogP contribution in [0.3, 0.4) is 0 Å². The van der Waals surface area contributed by atoms with Crippen molar-refractivity contribution in [3.05, 3.63) is 23.3 Å². The zero-order chi connectivity index (χ0) is 13.2. The molecule has 1 aromatic rings. The highest BCUT2D eigenvalue weighted by Crippen LogP contribution is 2.37. The number of hydrogen-bond donors (Lipinski definition) is 2. The maximum absolute atomic E-state index is 10.4. The van der Waals surface area contributed by atoms with Gasteiger partial charge in [0.15, 0.2) is 11.5 Å². The Morgan fingerprint density at radius 2 is 1.78 bits per heavy atom. The van der Waals surface area contributed by atoms with E-state index >= 15 is 0 Å². The molecule has 0 aromatic heterocycles. The van der Waals surface area contributed by atoms with Crippen LogP contribution in [0.25, 0.3) is 0 Å². The van der Waals surface area contributed by atoms with Gasteiger partial charge in [0.2, 0.25) is 0 Å². The number of hydrogen-bond acceptors (Lipinski definition) is 4. The zero-order valence-corrected chi connectivity index (χ0v) is 10.9. The van der Waals surface area contributed by atoms with Crippen LogP contribution in [0.1, 0.15) is 24.0 Å². The molecule has 100 valence electrons. The molecule has 0 saturated carbocycles. The average molecular weight is 252 g/mol. The number of aryl methyl sites for hydroxylation is 1. The molecule has 4 heteroatoms. The maximum atomic E-state index is 10.4. The van der Waals surface area contributed by atoms with E-state index < -0.39 is 5.60 Å². The molecular formula is C14H20O4. The normalized spacial score (nSPS) is 22.4. The highest BCUT2D eigenvalue weighted by molar-refractivity contribution is 5.48. The molecule has 0 spiro atoms. The van der Waals surface area contributed by atoms with Crippen molar-refractivity contribution in [2.24, 2.45) is 0 Å². The van der Waals surface area contributed by atoms with Crippen LogP contribution in [0.15, 0.2) is 12.1 Å². The van der Waals surface area contributed by atoms with Gasteiger partial charge >= 0.3 is 0 Å². The van der Waals surface area contributed by atoms with Crippen LogP contribution in [-0.2, 0) is 12.8 Å². The van der Waals surface area contributed by atoms with Crippen LogP contribution >= 0.6 is 0 Å². The number of aliphatic hydroxyl groups is 2. The Kier molecular flexibility index (Phi) is 3.78. The minimum absolute atomic E-state index is 0.0130. The summed E-state index contributed by atoms with van der Waals surface area (Å²) in [6.45, 7) is 0.0130. The van der Waals surface area contributed by atoms with Crippen molar-refractivity contribution in [1.29, 1.82) is 0 Å². The highest BCUT2D eigenvalue weighted by atomic mass is 16.5. The lowest BCUT2D eigenvalue weighted by Crippen LogP contribution is -2.36. The summed E-state index contributed by atoms with van der Waals surface area (Å²) in [5.41, 5.74) is 1.48. The second-order valence-electron chi connectivity index (χ2n) is 4.85. The van der Waals surface area contributed by atoms with Gasteiger partial charge in [0.05, 0.1) is 19.8 Å². The van der Waals surface area contributed by atoms with Gasteiger partial charge in [0, 0.05) is 13.0 Å². The van der Waals surface area contributed by atoms with Gasteiger partial charge in [-0.15, -0.1) is 0 Å². The van der Waals surface area contributed by atoms with Gasteiger partial charge in [-0.1, -0.05) is 0 Å². The lowest BCUT2D eigenvalue weighted by molar-refractivity contribution is 0.00350. The summed E-state index contributed by atoms with van der Waals surface area (Å²) in [5, 5.41) is 19.4. The largest absolute Gasteiger partial charge is 0.493 e. The monoisotopic (exact) mass is 252 g/mol. The Balaban J connectivity index is 2.32. The van der Waals surface area contributed by atoms with Gasteiger partial charge in [-0.2, -0.15) is 0 Å². The molecule has 2 rings (SSSR count). The quantitative estimate of drug-likeness (QED) is 0.848. The van der Waals surface area contributed by atoms with Crippen LogP contribution in [0, 0.1) is 0 Å². The lowest BCUT2D eigenvalue weighted by atomic mass is 9.78. The fraction of sp³-hybridized carbons (Fsp3) is 0.571. The van der Waals surface area contributed by atoms with E-state index in [1.54, 1.807) is 14.2 Å². The summed E-state index contributed by atoms with van der Waals surface area (Å²) < 4.78 is 10.5. The number of fused-ring (bicyclic) bond motifs is 1. The average Bonchev–Trinajstić information content (AvgIpc) is 2.37. The Morgan fingerprint density at radius 1 is 1.17 bits per heavy atom. The number of methoxy groups -OCH3 is 2. The van der Waals surface area contributed by atoms with Crippen LogP contribution in [-0.4, -0.2) is 36.6 Å². The Bertz CT molecular complexity index is 430. The van der Waals surface area contributed by atoms with Crippen molar-refractivity contribution >= 4 is 0 Å². The van der Waals surface area contributed by atoms with E-state index in [2.05, 4.69) is 0 Å². The fourth-order valence-corrected chi connectivity index (χ4v) is 2.59. The van der Waals surface area contributed by atoms with Crippen molar-refractivity contribution < 1.29 is 19.7 Å². The third kappa shape index (κ3) is 2.44. The number of rotatable bonds is 4. The molecule has 18 heavy (non-hydrogen) atoms. The molecule has 0 fully saturated rings. The fourth-order valence-electron chi connectivity index (χ4n) is 2.59. The first kappa shape index (κ1) is 13.2. The molecule has 0 heterocycles. The van der Waals surface area contributed by atoms with Crippen LogP contribution < -0.4 is 9.47 Å². The number of benzene rings is 1. The SMILES string of the molecule is COc1cc2c(cc1OC)CC(O)(CCO)CC2. The van der Waals surface area contributed by atoms with E-state index in [0.717, 1.165) is 17.7 Å². The van der Waals surface area contributed by atoms with Gasteiger partial charge in [-0.3, -0.25) is 0 Å². The smallest absolute Gasteiger partial charge is 0.161 e. The standard InChI is InChI=1S/C14H20O4/c1-17-12-7-10-3-4-14(16,5-6-15)9-11(10)8-13(12)18-2/h7-8,15-16H,3-6,9H2,1-2H3. The molecule has 4 nitrogen and oxygen atoms in total. The lowest BCUT2D eigenvalue weighted by Gasteiger charge is -2.33. The van der Waals surface area contributed by atoms with E-state index in [1.807, 2.05) is 12.1 Å². The molecule has 0 saturated heterocycles. The van der Waals surface area contributed by atoms with Gasteiger partial charge in [-0.05, 0) is 42.5 Å². The molecule has 1 unspecified atom stereocenters. The van der Waals surface area contributed by atoms with Gasteiger partial charge in [0.1, 0.15) is 0 Å². The minimum Gasteiger partial charge on any atom is -0.493 e. The Labute approximate surface area is 107 Å². The molecule has 1 aromatic carbocycles. The summed E-state index contributed by atoms with van der Waals surface area (Å²) in [6.07, 6.45) is 2.45. The molecule has 2 N–H and O–H groups in total. The molecule has 1 aliphatic rings. The molecule has 0 amide bonds. The van der Waals surface area contributed by atoms with E-state index in [1.165, 1.54) is 5.56 Å². The number of aliphatic hydroxyl groups excluding tert-OH is 1. The summed E-state index contributed by atoms with van der Waals surface area (Å²) in [5.74, 6) is 1.41. The van der Waals surface area contributed by atoms with E-state index in [4.69, 9.17) is 14.6 Å². The van der Waals surface area contributed by atoms with Crippen LogP contribution in [0.2, 0.25) is 0 Å². The Hall–Kier alpha value is -1.26. The van der Waals surface area contributed by atoms with Crippen molar-refractivity contribution in [3.8, 4) is 11.5 Å². The Morgan fingerprint density at radius 3 is 2.33 bits per heavy atom. The third-order valence-electron chi connectivity index (χ3n) is 3.66. The first-order valence-electron chi connectivity index (χ1n) is 6.19. The molecule has 1 aliphatic carbocycles. The second-order valence-corrected chi connectivity index (χ2v) is 4.85. The second kappa shape index (κ2) is 5.16. The van der Waals surface area contributed by atoms with Crippen molar-refractivity contribution in [3.63, 3.8) is 0 Å². The van der Waals surface area contributed by atoms with Gasteiger partial charge in [0.25, 0.3) is 0 Å². The predicted octanol–water partition coefficient (Wildman–Crippen LogP) is 1.31. The zero-order valence-electron chi connectivity index (χ0n) is 10.9. The molecular weight excluding hydrogens is 232 g/mol.